The van der Waals surface area contributed by atoms with Crippen LogP contribution in [0, 0.1) is 13.8 Å². The first-order chi connectivity index (χ1) is 13.5. The van der Waals surface area contributed by atoms with E-state index in [1.807, 2.05) is 38.1 Å². The molecule has 6 nitrogen and oxygen atoms in total. The van der Waals surface area contributed by atoms with E-state index in [0.29, 0.717) is 6.04 Å². The number of anilines is 2. The molecule has 0 atom stereocenters. The van der Waals surface area contributed by atoms with E-state index < -0.39 is 0 Å². The zero-order valence-electron chi connectivity index (χ0n) is 16.0. The number of nitrogens with one attached hydrogen (secondary N) is 1. The molecule has 1 N–H and O–H groups in total. The highest BCUT2D eigenvalue weighted by atomic mass is 35.5. The Balaban J connectivity index is 1.31. The van der Waals surface area contributed by atoms with Gasteiger partial charge in [-0.15, -0.1) is 10.2 Å². The fraction of sp³-hybridized carbons (Fsp3) is 0.400. The van der Waals surface area contributed by atoms with Crippen LogP contribution in [-0.2, 0) is 6.42 Å². The molecule has 0 spiro atoms. The first-order valence-corrected chi connectivity index (χ1v) is 10.7. The van der Waals surface area contributed by atoms with Crippen LogP contribution in [-0.4, -0.2) is 39.3 Å². The fourth-order valence-corrected chi connectivity index (χ4v) is 4.42. The Labute approximate surface area is 174 Å². The number of aryl methyl sites for hydroxylation is 2. The predicted octanol–water partition coefficient (Wildman–Crippen LogP) is 4.27. The molecule has 28 heavy (non-hydrogen) atoms. The molecule has 0 amide bonds. The molecule has 1 aliphatic rings. The van der Waals surface area contributed by atoms with Crippen molar-refractivity contribution in [2.45, 2.75) is 39.2 Å². The van der Waals surface area contributed by atoms with Crippen LogP contribution in [0.15, 0.2) is 30.3 Å². The number of benzene rings is 1. The van der Waals surface area contributed by atoms with Crippen molar-refractivity contribution in [1.82, 2.24) is 20.2 Å². The Morgan fingerprint density at radius 1 is 1.11 bits per heavy atom. The van der Waals surface area contributed by atoms with Crippen LogP contribution in [0.25, 0.3) is 0 Å². The maximum Gasteiger partial charge on any atom is 0.205 e. The quantitative estimate of drug-likeness (QED) is 0.672. The molecule has 1 fully saturated rings. The topological polar surface area (TPSA) is 66.8 Å². The smallest absolute Gasteiger partial charge is 0.205 e. The second-order valence-electron chi connectivity index (χ2n) is 7.12. The first-order valence-electron chi connectivity index (χ1n) is 9.46. The van der Waals surface area contributed by atoms with Gasteiger partial charge in [-0.25, -0.2) is 9.97 Å². The summed E-state index contributed by atoms with van der Waals surface area (Å²) < 4.78 is 0. The third-order valence-electron chi connectivity index (χ3n) is 4.83. The van der Waals surface area contributed by atoms with Gasteiger partial charge < -0.3 is 10.2 Å². The van der Waals surface area contributed by atoms with Gasteiger partial charge in [0.2, 0.25) is 5.13 Å². The maximum absolute atomic E-state index is 5.95. The van der Waals surface area contributed by atoms with E-state index >= 15 is 0 Å². The minimum absolute atomic E-state index is 0.414. The third kappa shape index (κ3) is 4.77. The lowest BCUT2D eigenvalue weighted by Gasteiger charge is -2.33. The lowest BCUT2D eigenvalue weighted by atomic mass is 10.1. The van der Waals surface area contributed by atoms with Gasteiger partial charge in [0.05, 0.1) is 0 Å². The van der Waals surface area contributed by atoms with Crippen molar-refractivity contribution in [3.8, 4) is 0 Å². The molecular formula is C20H23ClN6S. The van der Waals surface area contributed by atoms with Crippen molar-refractivity contribution in [3.05, 3.63) is 57.4 Å². The molecule has 1 aliphatic heterocycles. The third-order valence-corrected chi connectivity index (χ3v) is 5.94. The zero-order valence-corrected chi connectivity index (χ0v) is 17.6. The molecule has 1 saturated heterocycles. The summed E-state index contributed by atoms with van der Waals surface area (Å²) in [7, 11) is 0. The summed E-state index contributed by atoms with van der Waals surface area (Å²) in [5.41, 5.74) is 2.21. The Hall–Kier alpha value is -2.25. The molecule has 0 saturated carbocycles. The molecule has 4 rings (SSSR count). The second kappa shape index (κ2) is 8.41. The summed E-state index contributed by atoms with van der Waals surface area (Å²) >= 11 is 7.57. The van der Waals surface area contributed by atoms with Crippen LogP contribution in [0.4, 0.5) is 10.9 Å². The molecule has 0 aliphatic carbocycles. The Morgan fingerprint density at radius 2 is 1.86 bits per heavy atom. The average Bonchev–Trinajstić information content (AvgIpc) is 3.10. The van der Waals surface area contributed by atoms with Gasteiger partial charge in [0.1, 0.15) is 16.6 Å². The van der Waals surface area contributed by atoms with Gasteiger partial charge in [-0.1, -0.05) is 35.1 Å². The Morgan fingerprint density at radius 3 is 2.57 bits per heavy atom. The standard InChI is InChI=1S/C20H23ClN6S/c1-13-11-18(23-14(2)22-13)27-9-7-17(8-10-27)24-20-26-25-19(28-20)12-15-3-5-16(21)6-4-15/h3-6,11,17H,7-10,12H2,1-2H3,(H,24,26). The number of halogens is 1. The SMILES string of the molecule is Cc1cc(N2CCC(Nc3nnc(Cc4ccc(Cl)cc4)s3)CC2)nc(C)n1. The highest BCUT2D eigenvalue weighted by molar-refractivity contribution is 7.15. The van der Waals surface area contributed by atoms with Crippen molar-refractivity contribution in [2.24, 2.45) is 0 Å². The zero-order chi connectivity index (χ0) is 19.5. The van der Waals surface area contributed by atoms with Gasteiger partial charge >= 0.3 is 0 Å². The van der Waals surface area contributed by atoms with Gasteiger partial charge in [0.25, 0.3) is 0 Å². The number of nitrogens with zero attached hydrogens (tertiary/aromatic N) is 5. The number of piperidine rings is 1. The van der Waals surface area contributed by atoms with E-state index in [0.717, 1.165) is 64.8 Å². The van der Waals surface area contributed by atoms with Crippen LogP contribution in [0.5, 0.6) is 0 Å². The van der Waals surface area contributed by atoms with Gasteiger partial charge in [0.15, 0.2) is 0 Å². The number of hydrogen-bond acceptors (Lipinski definition) is 7. The summed E-state index contributed by atoms with van der Waals surface area (Å²) in [6, 6.07) is 10.4. The largest absolute Gasteiger partial charge is 0.357 e. The van der Waals surface area contributed by atoms with E-state index in [1.165, 1.54) is 5.56 Å². The number of rotatable bonds is 5. The normalized spacial score (nSPS) is 15.0. The lowest BCUT2D eigenvalue weighted by Crippen LogP contribution is -2.39. The predicted molar refractivity (Wildman–Crippen MR) is 115 cm³/mol. The highest BCUT2D eigenvalue weighted by Gasteiger charge is 2.21. The lowest BCUT2D eigenvalue weighted by molar-refractivity contribution is 0.522. The van der Waals surface area contributed by atoms with Gasteiger partial charge in [-0.2, -0.15) is 0 Å². The highest BCUT2D eigenvalue weighted by Crippen LogP contribution is 2.24. The van der Waals surface area contributed by atoms with Crippen molar-refractivity contribution in [1.29, 1.82) is 0 Å². The van der Waals surface area contributed by atoms with Gasteiger partial charge in [-0.05, 0) is 44.4 Å². The molecule has 3 heterocycles. The van der Waals surface area contributed by atoms with Crippen molar-refractivity contribution >= 4 is 33.9 Å². The number of hydrogen-bond donors (Lipinski definition) is 1. The summed E-state index contributed by atoms with van der Waals surface area (Å²) in [5, 5.41) is 14.9. The molecule has 1 aromatic carbocycles. The van der Waals surface area contributed by atoms with Crippen molar-refractivity contribution < 1.29 is 0 Å². The van der Waals surface area contributed by atoms with Crippen LogP contribution in [0.1, 0.15) is 34.9 Å². The van der Waals surface area contributed by atoms with Crippen LogP contribution in [0.3, 0.4) is 0 Å². The molecular weight excluding hydrogens is 392 g/mol. The summed E-state index contributed by atoms with van der Waals surface area (Å²) in [6.45, 7) is 5.92. The average molecular weight is 415 g/mol. The Kier molecular flexibility index (Phi) is 5.73. The van der Waals surface area contributed by atoms with E-state index in [1.54, 1.807) is 11.3 Å². The van der Waals surface area contributed by atoms with Crippen LogP contribution >= 0.6 is 22.9 Å². The summed E-state index contributed by atoms with van der Waals surface area (Å²) in [5.74, 6) is 1.86. The summed E-state index contributed by atoms with van der Waals surface area (Å²) in [4.78, 5) is 11.3. The molecule has 3 aromatic rings. The summed E-state index contributed by atoms with van der Waals surface area (Å²) in [6.07, 6.45) is 2.88. The van der Waals surface area contributed by atoms with Crippen molar-refractivity contribution in [3.63, 3.8) is 0 Å². The molecule has 8 heteroatoms. The van der Waals surface area contributed by atoms with E-state index in [9.17, 15) is 0 Å². The monoisotopic (exact) mass is 414 g/mol. The van der Waals surface area contributed by atoms with Crippen LogP contribution < -0.4 is 10.2 Å². The van der Waals surface area contributed by atoms with E-state index in [-0.39, 0.29) is 0 Å². The first kappa shape index (κ1) is 19.1. The van der Waals surface area contributed by atoms with Crippen molar-refractivity contribution in [2.75, 3.05) is 23.3 Å². The number of aromatic nitrogens is 4. The molecule has 0 bridgehead atoms. The van der Waals surface area contributed by atoms with E-state index in [4.69, 9.17) is 11.6 Å². The minimum atomic E-state index is 0.414. The Bertz CT molecular complexity index is 914. The van der Waals surface area contributed by atoms with Crippen LogP contribution in [0.2, 0.25) is 5.02 Å². The van der Waals surface area contributed by atoms with E-state index in [2.05, 4.69) is 36.4 Å². The molecule has 0 unspecified atom stereocenters. The maximum atomic E-state index is 5.95. The van der Waals surface area contributed by atoms with Gasteiger partial charge in [-0.3, -0.25) is 0 Å². The minimum Gasteiger partial charge on any atom is -0.357 e. The fourth-order valence-electron chi connectivity index (χ4n) is 3.45. The molecule has 146 valence electrons. The van der Waals surface area contributed by atoms with Gasteiger partial charge in [0, 0.05) is 42.3 Å². The second-order valence-corrected chi connectivity index (χ2v) is 8.62. The molecule has 2 aromatic heterocycles. The molecule has 0 radical (unpaired) electrons.